The van der Waals surface area contributed by atoms with Gasteiger partial charge in [-0.05, 0) is 42.2 Å². The van der Waals surface area contributed by atoms with Gasteiger partial charge < -0.3 is 20.1 Å². The first kappa shape index (κ1) is 21.0. The first-order valence-electron chi connectivity index (χ1n) is 9.89. The van der Waals surface area contributed by atoms with Gasteiger partial charge in [0.25, 0.3) is 5.91 Å². The number of aryl methyl sites for hydroxylation is 1. The van der Waals surface area contributed by atoms with Crippen LogP contribution in [0.4, 0.5) is 5.69 Å². The van der Waals surface area contributed by atoms with Gasteiger partial charge in [0.1, 0.15) is 12.7 Å². The van der Waals surface area contributed by atoms with Crippen molar-refractivity contribution >= 4 is 17.5 Å². The van der Waals surface area contributed by atoms with E-state index in [-0.39, 0.29) is 25.0 Å². The van der Waals surface area contributed by atoms with Crippen molar-refractivity contribution in [3.05, 3.63) is 65.2 Å². The van der Waals surface area contributed by atoms with Crippen LogP contribution >= 0.6 is 0 Å². The molecule has 2 aromatic carbocycles. The predicted molar refractivity (Wildman–Crippen MR) is 112 cm³/mol. The van der Waals surface area contributed by atoms with Gasteiger partial charge in [-0.1, -0.05) is 44.2 Å². The molecule has 2 unspecified atom stereocenters. The number of hydrogen-bond donors (Lipinski definition) is 2. The van der Waals surface area contributed by atoms with E-state index in [9.17, 15) is 14.7 Å². The first-order chi connectivity index (χ1) is 13.9. The zero-order valence-corrected chi connectivity index (χ0v) is 17.1. The van der Waals surface area contributed by atoms with Crippen molar-refractivity contribution in [3.8, 4) is 0 Å². The molecule has 0 radical (unpaired) electrons. The smallest absolute Gasteiger partial charge is 0.255 e. The molecule has 0 saturated carbocycles. The van der Waals surface area contributed by atoms with Gasteiger partial charge in [-0.2, -0.15) is 0 Å². The summed E-state index contributed by atoms with van der Waals surface area (Å²) in [6.45, 7) is 6.39. The van der Waals surface area contributed by atoms with Crippen molar-refractivity contribution in [1.82, 2.24) is 4.90 Å². The highest BCUT2D eigenvalue weighted by Gasteiger charge is 2.37. The second kappa shape index (κ2) is 9.20. The molecular weight excluding hydrogens is 368 g/mol. The summed E-state index contributed by atoms with van der Waals surface area (Å²) in [7, 11) is 0. The van der Waals surface area contributed by atoms with Crippen molar-refractivity contribution in [1.29, 1.82) is 0 Å². The Morgan fingerprint density at radius 2 is 1.90 bits per heavy atom. The highest BCUT2D eigenvalue weighted by molar-refractivity contribution is 6.05. The fraction of sp³-hybridized carbons (Fsp3) is 0.391. The lowest BCUT2D eigenvalue weighted by atomic mass is 9.98. The zero-order valence-electron chi connectivity index (χ0n) is 17.1. The summed E-state index contributed by atoms with van der Waals surface area (Å²) in [4.78, 5) is 26.5. The minimum Gasteiger partial charge on any atom is -0.394 e. The maximum absolute atomic E-state index is 12.5. The van der Waals surface area contributed by atoms with Crippen molar-refractivity contribution < 1.29 is 19.4 Å². The van der Waals surface area contributed by atoms with Crippen molar-refractivity contribution in [3.63, 3.8) is 0 Å². The Balaban J connectivity index is 1.74. The Bertz CT molecular complexity index is 863. The van der Waals surface area contributed by atoms with Crippen LogP contribution in [0.5, 0.6) is 0 Å². The minimum atomic E-state index is -0.425. The number of morpholine rings is 1. The zero-order chi connectivity index (χ0) is 21.0. The molecule has 2 atom stereocenters. The second-order valence-electron chi connectivity index (χ2n) is 7.81. The highest BCUT2D eigenvalue weighted by atomic mass is 16.5. The SMILES string of the molecule is Cc1ccccc1C(=O)Nc1ccc(C2OCC(=O)N(CC(C)C)C2CO)cc1. The first-order valence-corrected chi connectivity index (χ1v) is 9.89. The fourth-order valence-electron chi connectivity index (χ4n) is 3.63. The standard InChI is InChI=1S/C23H28N2O4/c1-15(2)12-25-20(13-26)22(29-14-21(25)27)17-8-10-18(11-9-17)24-23(28)19-7-5-4-6-16(19)3/h4-11,15,20,22,26H,12-14H2,1-3H3,(H,24,28). The van der Waals surface area contributed by atoms with Crippen LogP contribution in [0.1, 0.15) is 41.4 Å². The minimum absolute atomic E-state index is 0.000339. The van der Waals surface area contributed by atoms with Gasteiger partial charge in [0.15, 0.2) is 0 Å². The molecule has 29 heavy (non-hydrogen) atoms. The van der Waals surface area contributed by atoms with E-state index in [1.807, 2.05) is 63.2 Å². The van der Waals surface area contributed by atoms with Crippen LogP contribution in [0.25, 0.3) is 0 Å². The van der Waals surface area contributed by atoms with Gasteiger partial charge >= 0.3 is 0 Å². The summed E-state index contributed by atoms with van der Waals surface area (Å²) in [6.07, 6.45) is -0.405. The number of rotatable bonds is 6. The van der Waals surface area contributed by atoms with Crippen molar-refractivity contribution in [2.24, 2.45) is 5.92 Å². The molecule has 1 aliphatic rings. The molecule has 6 heteroatoms. The average Bonchev–Trinajstić information content (AvgIpc) is 2.70. The molecule has 1 heterocycles. The largest absolute Gasteiger partial charge is 0.394 e. The summed E-state index contributed by atoms with van der Waals surface area (Å²) >= 11 is 0. The summed E-state index contributed by atoms with van der Waals surface area (Å²) in [5, 5.41) is 12.8. The number of nitrogens with zero attached hydrogens (tertiary/aromatic N) is 1. The lowest BCUT2D eigenvalue weighted by Gasteiger charge is -2.41. The Hall–Kier alpha value is -2.70. The Morgan fingerprint density at radius 3 is 2.52 bits per heavy atom. The van der Waals surface area contributed by atoms with Crippen molar-refractivity contribution in [2.75, 3.05) is 25.1 Å². The monoisotopic (exact) mass is 396 g/mol. The van der Waals surface area contributed by atoms with E-state index in [0.717, 1.165) is 11.1 Å². The molecule has 1 aliphatic heterocycles. The van der Waals surface area contributed by atoms with Gasteiger partial charge in [-0.25, -0.2) is 0 Å². The number of carbonyl (C=O) groups is 2. The molecule has 2 N–H and O–H groups in total. The summed E-state index contributed by atoms with van der Waals surface area (Å²) in [5.41, 5.74) is 3.08. The van der Waals surface area contributed by atoms with Crippen LogP contribution in [-0.2, 0) is 9.53 Å². The van der Waals surface area contributed by atoms with Crippen LogP contribution in [0.15, 0.2) is 48.5 Å². The maximum atomic E-state index is 12.5. The third kappa shape index (κ3) is 4.83. The Labute approximate surface area is 171 Å². The Kier molecular flexibility index (Phi) is 6.67. The number of aliphatic hydroxyl groups is 1. The van der Waals surface area contributed by atoms with E-state index in [1.54, 1.807) is 11.0 Å². The van der Waals surface area contributed by atoms with E-state index in [2.05, 4.69) is 5.32 Å². The summed E-state index contributed by atoms with van der Waals surface area (Å²) in [6, 6.07) is 14.4. The number of ether oxygens (including phenoxy) is 1. The van der Waals surface area contributed by atoms with Gasteiger partial charge in [0, 0.05) is 17.8 Å². The summed E-state index contributed by atoms with van der Waals surface area (Å²) < 4.78 is 5.76. The van der Waals surface area contributed by atoms with Crippen molar-refractivity contribution in [2.45, 2.75) is 32.9 Å². The molecule has 2 aromatic rings. The summed E-state index contributed by atoms with van der Waals surface area (Å²) in [5.74, 6) is 0.0357. The molecule has 1 fully saturated rings. The molecule has 1 saturated heterocycles. The van der Waals surface area contributed by atoms with Crippen LogP contribution in [0, 0.1) is 12.8 Å². The van der Waals surface area contributed by atoms with Crippen LogP contribution in [0.2, 0.25) is 0 Å². The van der Waals surface area contributed by atoms with E-state index < -0.39 is 12.1 Å². The topological polar surface area (TPSA) is 78.9 Å². The molecule has 0 aliphatic carbocycles. The number of carbonyl (C=O) groups excluding carboxylic acids is 2. The lowest BCUT2D eigenvalue weighted by molar-refractivity contribution is -0.161. The van der Waals surface area contributed by atoms with Gasteiger partial charge in [-0.15, -0.1) is 0 Å². The third-order valence-electron chi connectivity index (χ3n) is 5.09. The Morgan fingerprint density at radius 1 is 1.21 bits per heavy atom. The quantitative estimate of drug-likeness (QED) is 0.786. The number of anilines is 1. The fourth-order valence-corrected chi connectivity index (χ4v) is 3.63. The van der Waals surface area contributed by atoms with Gasteiger partial charge in [0.2, 0.25) is 5.91 Å². The molecule has 6 nitrogen and oxygen atoms in total. The molecule has 0 spiro atoms. The number of aliphatic hydroxyl groups excluding tert-OH is 1. The van der Waals surface area contributed by atoms with E-state index in [0.29, 0.717) is 23.7 Å². The van der Waals surface area contributed by atoms with Crippen LogP contribution in [0.3, 0.4) is 0 Å². The number of benzene rings is 2. The molecule has 0 bridgehead atoms. The average molecular weight is 396 g/mol. The number of amides is 2. The van der Waals surface area contributed by atoms with E-state index in [4.69, 9.17) is 4.74 Å². The van der Waals surface area contributed by atoms with Crippen LogP contribution < -0.4 is 5.32 Å². The number of hydrogen-bond acceptors (Lipinski definition) is 4. The normalized spacial score (nSPS) is 19.5. The second-order valence-corrected chi connectivity index (χ2v) is 7.81. The van der Waals surface area contributed by atoms with Gasteiger partial charge in [-0.3, -0.25) is 9.59 Å². The highest BCUT2D eigenvalue weighted by Crippen LogP contribution is 2.30. The number of nitrogens with one attached hydrogen (secondary N) is 1. The molecule has 3 rings (SSSR count). The van der Waals surface area contributed by atoms with Gasteiger partial charge in [0.05, 0.1) is 12.6 Å². The predicted octanol–water partition coefficient (Wildman–Crippen LogP) is 3.16. The molecule has 0 aromatic heterocycles. The lowest BCUT2D eigenvalue weighted by Crippen LogP contribution is -2.53. The molecular formula is C23H28N2O4. The maximum Gasteiger partial charge on any atom is 0.255 e. The molecule has 2 amide bonds. The van der Waals surface area contributed by atoms with E-state index in [1.165, 1.54) is 0 Å². The van der Waals surface area contributed by atoms with E-state index >= 15 is 0 Å². The third-order valence-corrected chi connectivity index (χ3v) is 5.09. The van der Waals surface area contributed by atoms with Crippen LogP contribution in [-0.4, -0.2) is 47.6 Å². The molecule has 154 valence electrons.